The second kappa shape index (κ2) is 41.5. The zero-order valence-corrected chi connectivity index (χ0v) is 62.5. The summed E-state index contributed by atoms with van der Waals surface area (Å²) in [6.45, 7) is 9.88. The third-order valence-electron chi connectivity index (χ3n) is 19.6. The maximum atomic E-state index is 14.0. The van der Waals surface area contributed by atoms with E-state index in [4.69, 9.17) is 15.2 Å². The van der Waals surface area contributed by atoms with Crippen molar-refractivity contribution < 1.29 is 69.2 Å². The van der Waals surface area contributed by atoms with E-state index in [9.17, 15) is 59.7 Å². The predicted octanol–water partition coefficient (Wildman–Crippen LogP) is 2.98. The molecule has 5 unspecified atom stereocenters. The zero-order valence-electron chi connectivity index (χ0n) is 62.5. The lowest BCUT2D eigenvalue weighted by atomic mass is 10.0. The average Bonchev–Trinajstić information content (AvgIpc) is 1.62. The molecule has 0 bridgehead atoms. The summed E-state index contributed by atoms with van der Waals surface area (Å²) in [7, 11) is 6.16. The van der Waals surface area contributed by atoms with Crippen LogP contribution in [0.15, 0.2) is 84.9 Å². The van der Waals surface area contributed by atoms with E-state index in [0.717, 1.165) is 33.2 Å². The Hall–Kier alpha value is -7.83. The molecule has 0 radical (unpaired) electrons. The number of para-hydroxylation sites is 4. The zero-order chi connectivity index (χ0) is 76.6. The number of anilines is 2. The molecule has 0 saturated carbocycles. The molecule has 19 N–H and O–H groups in total. The van der Waals surface area contributed by atoms with E-state index in [1.54, 1.807) is 40.9 Å². The van der Waals surface area contributed by atoms with Gasteiger partial charge in [0.05, 0.1) is 92.4 Å². The summed E-state index contributed by atoms with van der Waals surface area (Å²) in [4.78, 5) is 89.8. The van der Waals surface area contributed by atoms with E-state index in [-0.39, 0.29) is 64.2 Å². The van der Waals surface area contributed by atoms with Crippen LogP contribution in [0.2, 0.25) is 0 Å². The molecule has 2 aromatic heterocycles. The lowest BCUT2D eigenvalue weighted by Gasteiger charge is -2.31. The molecular weight excluding hydrogens is 1360 g/mol. The van der Waals surface area contributed by atoms with Gasteiger partial charge in [0.2, 0.25) is 17.7 Å². The standard InChI is InChI=1S/C75H115N17O14/c1-9-19-56(68(97)77-33-17-35-91-41-47-37-45(27-30-50(47)79-60(74(91)103)39-65(94)105-7)72(101)89(5)43-62-81-52-23-13-14-24-53(52)82-62)87-70(99)58(21-11-3)85-64(93)32-29-49(76)67(96)86-59(22-12-4)71(100)88-57(20-10-2)69(98)78-34-18-36-92-42-48-38-46(28-31-51(48)80-61(75(92)104)40-66(95)106-8)73(102)90(6)44-63-83-54-25-15-16-26-55(54)84-63/h13-16,23-28,30-31,37-38,49,56-61,64,69-70,72-75,78-80,85,87,93,98-99,101-104H,9-12,17-22,29,32-36,39-44,76H2,1-8H3,(H,77,97)(H,81,82)(H,83,84)(H,86,96)(H,88,100)/t49?,56?,57?,58?,59?,60-,61+,64+,69-,70-,72+,73-,74+,75-/m1/s1. The number of nitrogens with one attached hydrogen (secondary N) is 10. The van der Waals surface area contributed by atoms with Gasteiger partial charge in [-0.25, -0.2) is 9.97 Å². The molecule has 0 aliphatic carbocycles. The molecule has 3 amide bonds. The van der Waals surface area contributed by atoms with Crippen LogP contribution in [0.25, 0.3) is 22.1 Å². The summed E-state index contributed by atoms with van der Waals surface area (Å²) in [5.41, 5.74) is 14.0. The van der Waals surface area contributed by atoms with E-state index in [1.165, 1.54) is 14.2 Å². The summed E-state index contributed by atoms with van der Waals surface area (Å²) >= 11 is 0. The number of hydrogen-bond acceptors (Lipinski definition) is 26. The number of ether oxygens (including phenoxy) is 2. The largest absolute Gasteiger partial charge is 0.469 e. The molecule has 6 aromatic rings. The van der Waals surface area contributed by atoms with Gasteiger partial charge in [0.15, 0.2) is 0 Å². The Morgan fingerprint density at radius 1 is 0.575 bits per heavy atom. The summed E-state index contributed by atoms with van der Waals surface area (Å²) < 4.78 is 9.95. The van der Waals surface area contributed by atoms with Gasteiger partial charge in [0, 0.05) is 50.1 Å². The number of rotatable bonds is 43. The van der Waals surface area contributed by atoms with Crippen LogP contribution < -0.4 is 48.3 Å². The highest BCUT2D eigenvalue weighted by atomic mass is 16.5. The number of imidazole rings is 2. The van der Waals surface area contributed by atoms with Gasteiger partial charge >= 0.3 is 11.9 Å². The van der Waals surface area contributed by atoms with E-state index >= 15 is 0 Å². The van der Waals surface area contributed by atoms with Gasteiger partial charge in [-0.2, -0.15) is 0 Å². The minimum absolute atomic E-state index is 0.00243. The van der Waals surface area contributed by atoms with Crippen LogP contribution in [0, 0.1) is 0 Å². The lowest BCUT2D eigenvalue weighted by molar-refractivity contribution is -0.143. The van der Waals surface area contributed by atoms with E-state index in [1.807, 2.05) is 105 Å². The van der Waals surface area contributed by atoms with Crippen LogP contribution >= 0.6 is 0 Å². The third-order valence-corrected chi connectivity index (χ3v) is 19.6. The maximum absolute atomic E-state index is 14.0. The number of H-pyrrole nitrogens is 2. The van der Waals surface area contributed by atoms with Crippen molar-refractivity contribution in [2.24, 2.45) is 5.73 Å². The third kappa shape index (κ3) is 23.8. The number of aromatic nitrogens is 4. The van der Waals surface area contributed by atoms with Gasteiger partial charge in [0.25, 0.3) is 0 Å². The minimum atomic E-state index is -1.29. The van der Waals surface area contributed by atoms with Gasteiger partial charge in [-0.3, -0.25) is 59.5 Å². The van der Waals surface area contributed by atoms with E-state index in [2.05, 4.69) is 62.5 Å². The molecule has 4 heterocycles. The van der Waals surface area contributed by atoms with Crippen molar-refractivity contribution >= 4 is 63.1 Å². The highest BCUT2D eigenvalue weighted by molar-refractivity contribution is 5.90. The molecular formula is C75H115N17O14. The Morgan fingerprint density at radius 3 is 1.55 bits per heavy atom. The first-order chi connectivity index (χ1) is 50.9. The number of benzene rings is 4. The molecule has 31 nitrogen and oxygen atoms in total. The number of nitrogens with zero attached hydrogens (tertiary/aromatic N) is 6. The van der Waals surface area contributed by atoms with Crippen molar-refractivity contribution in [2.75, 3.05) is 65.1 Å². The quantitative estimate of drug-likeness (QED) is 0.0149. The van der Waals surface area contributed by atoms with Gasteiger partial charge < -0.3 is 87.5 Å². The second-order valence-electron chi connectivity index (χ2n) is 28.0. The Balaban J connectivity index is 0.782. The number of fused-ring (bicyclic) bond motifs is 4. The fourth-order valence-corrected chi connectivity index (χ4v) is 13.7. The molecule has 14 atom stereocenters. The van der Waals surface area contributed by atoms with Crippen LogP contribution in [-0.2, 0) is 59.6 Å². The van der Waals surface area contributed by atoms with Crippen LogP contribution in [0.1, 0.15) is 164 Å². The monoisotopic (exact) mass is 1480 g/mol. The lowest BCUT2D eigenvalue weighted by Crippen LogP contribution is -2.57. The number of methoxy groups -OCH3 is 2. The van der Waals surface area contributed by atoms with Crippen molar-refractivity contribution in [1.82, 2.24) is 71.4 Å². The highest BCUT2D eigenvalue weighted by Crippen LogP contribution is 2.33. The molecule has 0 saturated heterocycles. The SMILES string of the molecule is CCCC(NC(=O)C(N)CC[C@H](O)NC(CCC)[C@@H](O)NC(CCC)C(=O)NCCCN1Cc2cc([C@H](O)N(C)Cc3nc4ccccc4[nH]3)ccc2N[C@H](CC(=O)OC)[C@@H]1O)C(=O)NC(CCC)[C@@H](O)NCCCN1Cc2cc([C@@H](O)N(C)Cc3nc4ccccc4[nH]3)ccc2N[C@@H](CC(=O)OC)[C@H]1O. The number of esters is 2. The summed E-state index contributed by atoms with van der Waals surface area (Å²) in [6, 6.07) is 20.4. The normalized spacial score (nSPS) is 19.2. The number of aromatic amines is 2. The summed E-state index contributed by atoms with van der Waals surface area (Å²) in [6.07, 6.45) is -3.68. The van der Waals surface area contributed by atoms with Gasteiger partial charge in [-0.15, -0.1) is 0 Å². The molecule has 31 heteroatoms. The molecule has 2 aliphatic heterocycles. The smallest absolute Gasteiger partial charge is 0.307 e. The number of aliphatic hydroxyl groups excluding tert-OH is 7. The second-order valence-corrected chi connectivity index (χ2v) is 28.0. The Kier molecular flexibility index (Phi) is 32.8. The molecule has 106 heavy (non-hydrogen) atoms. The average molecular weight is 1480 g/mol. The first-order valence-electron chi connectivity index (χ1n) is 37.3. The highest BCUT2D eigenvalue weighted by Gasteiger charge is 2.36. The predicted molar refractivity (Wildman–Crippen MR) is 402 cm³/mol. The number of amides is 3. The summed E-state index contributed by atoms with van der Waals surface area (Å²) in [5.74, 6) is -1.13. The number of nitrogens with two attached hydrogens (primary N) is 1. The number of hydrogen-bond donors (Lipinski definition) is 18. The van der Waals surface area contributed by atoms with Gasteiger partial charge in [-0.05, 0) is 143 Å². The Bertz CT molecular complexity index is 3690. The molecule has 0 spiro atoms. The van der Waals surface area contributed by atoms with Crippen molar-refractivity contribution in [3.05, 3.63) is 119 Å². The number of carbonyl (C=O) groups excluding carboxylic acids is 5. The van der Waals surface area contributed by atoms with E-state index < -0.39 is 110 Å². The molecule has 2 aliphatic rings. The summed E-state index contributed by atoms with van der Waals surface area (Å²) in [5, 5.41) is 106. The first kappa shape index (κ1) is 83.8. The van der Waals surface area contributed by atoms with Crippen LogP contribution in [-0.4, -0.2) is 233 Å². The Morgan fingerprint density at radius 2 is 1.06 bits per heavy atom. The number of aliphatic hydroxyl groups is 7. The fourth-order valence-electron chi connectivity index (χ4n) is 13.7. The molecule has 8 rings (SSSR count). The maximum Gasteiger partial charge on any atom is 0.307 e. The minimum Gasteiger partial charge on any atom is -0.469 e. The van der Waals surface area contributed by atoms with E-state index in [0.29, 0.717) is 118 Å². The molecule has 0 fully saturated rings. The van der Waals surface area contributed by atoms with Crippen LogP contribution in [0.5, 0.6) is 0 Å². The fraction of sp³-hybridized carbons (Fsp3) is 0.587. The molecule has 4 aromatic carbocycles. The van der Waals surface area contributed by atoms with Crippen LogP contribution in [0.3, 0.4) is 0 Å². The van der Waals surface area contributed by atoms with Crippen molar-refractivity contribution in [2.45, 2.75) is 230 Å². The van der Waals surface area contributed by atoms with Crippen LogP contribution in [0.4, 0.5) is 11.4 Å². The van der Waals surface area contributed by atoms with Gasteiger partial charge in [-0.1, -0.05) is 89.8 Å². The van der Waals surface area contributed by atoms with Crippen molar-refractivity contribution in [3.8, 4) is 0 Å². The number of carbonyl (C=O) groups is 5. The van der Waals surface area contributed by atoms with Gasteiger partial charge in [0.1, 0.15) is 61.3 Å². The van der Waals surface area contributed by atoms with Crippen molar-refractivity contribution in [3.63, 3.8) is 0 Å². The Labute approximate surface area is 620 Å². The first-order valence-corrected chi connectivity index (χ1v) is 37.3. The molecule has 584 valence electrons. The van der Waals surface area contributed by atoms with Crippen molar-refractivity contribution in [1.29, 1.82) is 0 Å². The topological polar surface area (TPSA) is 438 Å².